The fourth-order valence-corrected chi connectivity index (χ4v) is 2.68. The second-order valence-electron chi connectivity index (χ2n) is 6.51. The summed E-state index contributed by atoms with van der Waals surface area (Å²) in [4.78, 5) is 23.8. The Balaban J connectivity index is 1.51. The number of hydrazone groups is 1. The molecule has 7 heteroatoms. The monoisotopic (exact) mass is 421 g/mol. The predicted molar refractivity (Wildman–Crippen MR) is 118 cm³/mol. The minimum atomic E-state index is -0.858. The van der Waals surface area contributed by atoms with Crippen LogP contribution in [0.15, 0.2) is 77.9 Å². The molecule has 0 atom stereocenters. The molecule has 0 bridgehead atoms. The van der Waals surface area contributed by atoms with E-state index in [0.29, 0.717) is 28.6 Å². The average molecular weight is 422 g/mol. The van der Waals surface area contributed by atoms with E-state index < -0.39 is 11.8 Å². The fraction of sp³-hybridized carbons (Fsp3) is 0.0870. The van der Waals surface area contributed by atoms with E-state index >= 15 is 0 Å². The van der Waals surface area contributed by atoms with Crippen LogP contribution in [-0.2, 0) is 16.2 Å². The summed E-state index contributed by atoms with van der Waals surface area (Å²) in [5.74, 6) is -1.00. The molecule has 0 aromatic heterocycles. The van der Waals surface area contributed by atoms with E-state index in [4.69, 9.17) is 16.3 Å². The third-order valence-electron chi connectivity index (χ3n) is 4.04. The molecule has 30 heavy (non-hydrogen) atoms. The summed E-state index contributed by atoms with van der Waals surface area (Å²) in [7, 11) is 0. The molecule has 3 aromatic carbocycles. The number of nitrogens with zero attached hydrogens (tertiary/aromatic N) is 1. The maximum Gasteiger partial charge on any atom is 0.329 e. The average Bonchev–Trinajstić information content (AvgIpc) is 2.73. The van der Waals surface area contributed by atoms with Crippen molar-refractivity contribution < 1.29 is 14.3 Å². The van der Waals surface area contributed by atoms with Gasteiger partial charge in [-0.3, -0.25) is 9.59 Å². The Kier molecular flexibility index (Phi) is 7.19. The normalized spacial score (nSPS) is 10.6. The lowest BCUT2D eigenvalue weighted by molar-refractivity contribution is -0.136. The molecule has 0 spiro atoms. The number of hydrogen-bond acceptors (Lipinski definition) is 4. The van der Waals surface area contributed by atoms with Crippen LogP contribution < -0.4 is 15.5 Å². The zero-order chi connectivity index (χ0) is 21.3. The molecule has 0 radical (unpaired) electrons. The van der Waals surface area contributed by atoms with Crippen molar-refractivity contribution in [3.63, 3.8) is 0 Å². The quantitative estimate of drug-likeness (QED) is 0.353. The van der Waals surface area contributed by atoms with Gasteiger partial charge in [0.2, 0.25) is 0 Å². The van der Waals surface area contributed by atoms with E-state index in [0.717, 1.165) is 11.1 Å². The molecule has 3 rings (SSSR count). The largest absolute Gasteiger partial charge is 0.489 e. The SMILES string of the molecule is Cc1cccc(NC(=O)C(=O)N/N=C/c2cccc(OCc3ccc(Cl)cc3)c2)c1. The molecule has 2 amide bonds. The van der Waals surface area contributed by atoms with Gasteiger partial charge in [-0.1, -0.05) is 48.0 Å². The Morgan fingerprint density at radius 1 is 1.00 bits per heavy atom. The molecule has 0 unspecified atom stereocenters. The molecular formula is C23H20ClN3O3. The molecule has 0 saturated carbocycles. The van der Waals surface area contributed by atoms with Crippen molar-refractivity contribution in [2.75, 3.05) is 5.32 Å². The van der Waals surface area contributed by atoms with Crippen molar-refractivity contribution >= 4 is 35.3 Å². The number of carbonyl (C=O) groups excluding carboxylic acids is 2. The van der Waals surface area contributed by atoms with E-state index in [1.165, 1.54) is 6.21 Å². The molecule has 6 nitrogen and oxygen atoms in total. The molecule has 0 aliphatic rings. The van der Waals surface area contributed by atoms with Gasteiger partial charge in [0.05, 0.1) is 6.21 Å². The van der Waals surface area contributed by atoms with Crippen molar-refractivity contribution in [2.24, 2.45) is 5.10 Å². The Hall–Kier alpha value is -3.64. The smallest absolute Gasteiger partial charge is 0.329 e. The molecule has 152 valence electrons. The van der Waals surface area contributed by atoms with Crippen molar-refractivity contribution in [1.29, 1.82) is 0 Å². The topological polar surface area (TPSA) is 79.8 Å². The lowest BCUT2D eigenvalue weighted by atomic mass is 10.2. The van der Waals surface area contributed by atoms with Crippen molar-refractivity contribution in [1.82, 2.24) is 5.43 Å². The van der Waals surface area contributed by atoms with Crippen LogP contribution in [0.25, 0.3) is 0 Å². The first-order valence-electron chi connectivity index (χ1n) is 9.18. The first-order chi connectivity index (χ1) is 14.5. The molecule has 0 heterocycles. The van der Waals surface area contributed by atoms with Crippen molar-refractivity contribution in [3.8, 4) is 5.75 Å². The second-order valence-corrected chi connectivity index (χ2v) is 6.95. The number of carbonyl (C=O) groups is 2. The number of benzene rings is 3. The molecule has 0 aliphatic heterocycles. The summed E-state index contributed by atoms with van der Waals surface area (Å²) >= 11 is 5.88. The maximum absolute atomic E-state index is 11.9. The van der Waals surface area contributed by atoms with Crippen LogP contribution in [0.3, 0.4) is 0 Å². The van der Waals surface area contributed by atoms with Gasteiger partial charge in [-0.25, -0.2) is 5.43 Å². The third kappa shape index (κ3) is 6.46. The summed E-state index contributed by atoms with van der Waals surface area (Å²) < 4.78 is 5.76. The van der Waals surface area contributed by atoms with Gasteiger partial charge in [-0.2, -0.15) is 5.10 Å². The first-order valence-corrected chi connectivity index (χ1v) is 9.56. The van der Waals surface area contributed by atoms with Crippen LogP contribution in [0, 0.1) is 6.92 Å². The number of amides is 2. The number of halogens is 1. The summed E-state index contributed by atoms with van der Waals surface area (Å²) in [6, 6.07) is 21.8. The lowest BCUT2D eigenvalue weighted by Crippen LogP contribution is -2.32. The lowest BCUT2D eigenvalue weighted by Gasteiger charge is -2.07. The Bertz CT molecular complexity index is 1070. The minimum Gasteiger partial charge on any atom is -0.489 e. The van der Waals surface area contributed by atoms with Gasteiger partial charge in [-0.15, -0.1) is 0 Å². The van der Waals surface area contributed by atoms with Gasteiger partial charge >= 0.3 is 11.8 Å². The van der Waals surface area contributed by atoms with Crippen LogP contribution in [0.1, 0.15) is 16.7 Å². The summed E-state index contributed by atoms with van der Waals surface area (Å²) in [5, 5.41) is 7.03. The highest BCUT2D eigenvalue weighted by molar-refractivity contribution is 6.39. The van der Waals surface area contributed by atoms with Crippen molar-refractivity contribution in [2.45, 2.75) is 13.5 Å². The van der Waals surface area contributed by atoms with Gasteiger partial charge in [0.1, 0.15) is 12.4 Å². The third-order valence-corrected chi connectivity index (χ3v) is 4.29. The number of anilines is 1. The van der Waals surface area contributed by atoms with E-state index in [9.17, 15) is 9.59 Å². The van der Waals surface area contributed by atoms with Gasteiger partial charge in [0.25, 0.3) is 0 Å². The number of nitrogens with one attached hydrogen (secondary N) is 2. The van der Waals surface area contributed by atoms with Crippen molar-refractivity contribution in [3.05, 3.63) is 94.5 Å². The molecule has 2 N–H and O–H groups in total. The van der Waals surface area contributed by atoms with Gasteiger partial charge in [0.15, 0.2) is 0 Å². The van der Waals surface area contributed by atoms with E-state index in [1.807, 2.05) is 37.3 Å². The zero-order valence-corrected chi connectivity index (χ0v) is 17.0. The molecule has 0 aliphatic carbocycles. The van der Waals surface area contributed by atoms with Crippen LogP contribution in [0.2, 0.25) is 5.02 Å². The number of hydrogen-bond donors (Lipinski definition) is 2. The van der Waals surface area contributed by atoms with Crippen LogP contribution >= 0.6 is 11.6 Å². The Labute approximate surface area is 179 Å². The molecule has 3 aromatic rings. The van der Waals surface area contributed by atoms with E-state index in [-0.39, 0.29) is 0 Å². The summed E-state index contributed by atoms with van der Waals surface area (Å²) in [6.07, 6.45) is 1.44. The van der Waals surface area contributed by atoms with Crippen LogP contribution in [-0.4, -0.2) is 18.0 Å². The maximum atomic E-state index is 11.9. The molecule has 0 fully saturated rings. The van der Waals surface area contributed by atoms with Gasteiger partial charge < -0.3 is 10.1 Å². The van der Waals surface area contributed by atoms with Gasteiger partial charge in [-0.05, 0) is 60.0 Å². The van der Waals surface area contributed by atoms with Gasteiger partial charge in [0, 0.05) is 10.7 Å². The van der Waals surface area contributed by atoms with E-state index in [1.54, 1.807) is 42.5 Å². The second kappa shape index (κ2) is 10.2. The number of ether oxygens (including phenoxy) is 1. The van der Waals surface area contributed by atoms with Crippen LogP contribution in [0.4, 0.5) is 5.69 Å². The highest BCUT2D eigenvalue weighted by atomic mass is 35.5. The number of aryl methyl sites for hydroxylation is 1. The van der Waals surface area contributed by atoms with Crippen LogP contribution in [0.5, 0.6) is 5.75 Å². The highest BCUT2D eigenvalue weighted by Crippen LogP contribution is 2.16. The fourth-order valence-electron chi connectivity index (χ4n) is 2.56. The molecular weight excluding hydrogens is 402 g/mol. The standard InChI is InChI=1S/C23H20ClN3O3/c1-16-4-2-6-20(12-16)26-22(28)23(29)27-25-14-18-5-3-7-21(13-18)30-15-17-8-10-19(24)11-9-17/h2-14H,15H2,1H3,(H,26,28)(H,27,29)/b25-14+. The summed E-state index contributed by atoms with van der Waals surface area (Å²) in [5.41, 5.74) is 5.44. The zero-order valence-electron chi connectivity index (χ0n) is 16.3. The van der Waals surface area contributed by atoms with E-state index in [2.05, 4.69) is 15.8 Å². The number of rotatable bonds is 6. The minimum absolute atomic E-state index is 0.396. The molecule has 0 saturated heterocycles. The highest BCUT2D eigenvalue weighted by Gasteiger charge is 2.12. The predicted octanol–water partition coefficient (Wildman–Crippen LogP) is 4.32. The first kappa shape index (κ1) is 21.1. The Morgan fingerprint density at radius 3 is 2.53 bits per heavy atom. The summed E-state index contributed by atoms with van der Waals surface area (Å²) in [6.45, 7) is 2.29. The Morgan fingerprint density at radius 2 is 1.77 bits per heavy atom.